The normalized spacial score (nSPS) is 10.5. The molecular weight excluding hydrogens is 382 g/mol. The second-order valence-electron chi connectivity index (χ2n) is 6.79. The number of rotatable bonds is 7. The fourth-order valence-electron chi connectivity index (χ4n) is 3.01. The molecule has 8 nitrogen and oxygen atoms in total. The van der Waals surface area contributed by atoms with Crippen LogP contribution in [0.4, 0.5) is 16.2 Å². The summed E-state index contributed by atoms with van der Waals surface area (Å²) in [7, 11) is 1.50. The zero-order valence-corrected chi connectivity index (χ0v) is 17.3. The number of hydrogen-bond donors (Lipinski definition) is 3. The topological polar surface area (TPSA) is 105 Å². The molecule has 0 saturated carbocycles. The number of carbonyl (C=O) groups excluding carboxylic acids is 2. The van der Waals surface area contributed by atoms with Crippen molar-refractivity contribution in [1.29, 1.82) is 0 Å². The molecule has 3 rings (SSSR count). The van der Waals surface area contributed by atoms with Gasteiger partial charge in [0.15, 0.2) is 0 Å². The molecule has 3 N–H and O–H groups in total. The maximum atomic E-state index is 12.6. The Morgan fingerprint density at radius 1 is 1.13 bits per heavy atom. The maximum absolute atomic E-state index is 12.6. The Morgan fingerprint density at radius 3 is 2.73 bits per heavy atom. The van der Waals surface area contributed by atoms with Crippen molar-refractivity contribution in [3.8, 4) is 5.75 Å². The van der Waals surface area contributed by atoms with Crippen LogP contribution in [-0.2, 0) is 0 Å². The summed E-state index contributed by atoms with van der Waals surface area (Å²) >= 11 is 0. The Bertz CT molecular complexity index is 1070. The Kier molecular flexibility index (Phi) is 6.79. The molecule has 0 spiro atoms. The molecule has 0 bridgehead atoms. The number of aryl methyl sites for hydroxylation is 1. The zero-order chi connectivity index (χ0) is 21.5. The summed E-state index contributed by atoms with van der Waals surface area (Å²) in [6.07, 6.45) is 3.52. The van der Waals surface area contributed by atoms with Crippen LogP contribution in [0.15, 0.2) is 42.6 Å². The number of methoxy groups -OCH3 is 1. The Hall–Kier alpha value is -3.68. The number of pyridine rings is 2. The molecule has 3 aromatic rings. The quantitative estimate of drug-likeness (QED) is 0.511. The molecule has 1 aromatic carbocycles. The molecule has 30 heavy (non-hydrogen) atoms. The molecule has 156 valence electrons. The van der Waals surface area contributed by atoms with Gasteiger partial charge in [0.1, 0.15) is 11.3 Å². The number of aromatic nitrogens is 2. The average molecular weight is 407 g/mol. The summed E-state index contributed by atoms with van der Waals surface area (Å²) in [5, 5.41) is 8.42. The summed E-state index contributed by atoms with van der Waals surface area (Å²) in [5.74, 6) is 0.194. The van der Waals surface area contributed by atoms with Gasteiger partial charge in [-0.25, -0.2) is 4.79 Å². The number of anilines is 2. The minimum absolute atomic E-state index is 0.246. The number of urea groups is 1. The Balaban J connectivity index is 1.77. The number of hydrogen-bond acceptors (Lipinski definition) is 5. The molecule has 0 aliphatic rings. The van der Waals surface area contributed by atoms with Crippen LogP contribution in [0.25, 0.3) is 11.0 Å². The van der Waals surface area contributed by atoms with E-state index in [4.69, 9.17) is 4.74 Å². The summed E-state index contributed by atoms with van der Waals surface area (Å²) in [4.78, 5) is 33.8. The van der Waals surface area contributed by atoms with Crippen LogP contribution >= 0.6 is 0 Å². The molecule has 2 aromatic heterocycles. The lowest BCUT2D eigenvalue weighted by atomic mass is 10.1. The second kappa shape index (κ2) is 9.69. The number of carbonyl (C=O) groups is 2. The van der Waals surface area contributed by atoms with Crippen molar-refractivity contribution >= 4 is 34.3 Å². The van der Waals surface area contributed by atoms with Crippen molar-refractivity contribution in [2.24, 2.45) is 0 Å². The molecule has 0 unspecified atom stereocenters. The number of ether oxygens (including phenoxy) is 1. The van der Waals surface area contributed by atoms with Gasteiger partial charge in [0, 0.05) is 24.1 Å². The fourth-order valence-corrected chi connectivity index (χ4v) is 3.01. The first-order valence-electron chi connectivity index (χ1n) is 9.78. The highest BCUT2D eigenvalue weighted by molar-refractivity contribution is 6.05. The lowest BCUT2D eigenvalue weighted by Gasteiger charge is -2.13. The van der Waals surface area contributed by atoms with E-state index < -0.39 is 6.03 Å². The molecule has 0 atom stereocenters. The Morgan fingerprint density at radius 2 is 1.97 bits per heavy atom. The standard InChI is InChI=1S/C22H25N5O3/c1-4-5-10-24-21(28)16-13-15(8-9-19(16)30-3)26-22(29)27-18-12-14(2)25-17-7-6-11-23-20(17)18/h6-9,11-13H,4-5,10H2,1-3H3,(H,24,28)(H2,25,26,27,29). The number of nitrogens with one attached hydrogen (secondary N) is 3. The van der Waals surface area contributed by atoms with Crippen molar-refractivity contribution in [3.05, 3.63) is 53.9 Å². The van der Waals surface area contributed by atoms with E-state index in [9.17, 15) is 9.59 Å². The van der Waals surface area contributed by atoms with Crippen LogP contribution in [0, 0.1) is 6.92 Å². The van der Waals surface area contributed by atoms with Crippen LogP contribution in [0.5, 0.6) is 5.75 Å². The van der Waals surface area contributed by atoms with E-state index in [-0.39, 0.29) is 5.91 Å². The van der Waals surface area contributed by atoms with Gasteiger partial charge in [-0.15, -0.1) is 0 Å². The third-order valence-corrected chi connectivity index (χ3v) is 4.46. The molecule has 3 amide bonds. The SMILES string of the molecule is CCCCNC(=O)c1cc(NC(=O)Nc2cc(C)nc3cccnc23)ccc1OC. The third-order valence-electron chi connectivity index (χ3n) is 4.46. The van der Waals surface area contributed by atoms with Gasteiger partial charge in [-0.3, -0.25) is 14.8 Å². The van der Waals surface area contributed by atoms with Crippen LogP contribution in [-0.4, -0.2) is 35.6 Å². The summed E-state index contributed by atoms with van der Waals surface area (Å²) in [5.41, 5.74) is 3.45. The monoisotopic (exact) mass is 407 g/mol. The first-order chi connectivity index (χ1) is 14.5. The smallest absolute Gasteiger partial charge is 0.323 e. The third kappa shape index (κ3) is 5.02. The molecular formula is C22H25N5O3. The van der Waals surface area contributed by atoms with Gasteiger partial charge in [-0.05, 0) is 49.7 Å². The first kappa shape index (κ1) is 21.0. The van der Waals surface area contributed by atoms with Gasteiger partial charge in [0.2, 0.25) is 0 Å². The number of fused-ring (bicyclic) bond motifs is 1. The van der Waals surface area contributed by atoms with Gasteiger partial charge < -0.3 is 20.7 Å². The van der Waals surface area contributed by atoms with Gasteiger partial charge in [-0.1, -0.05) is 13.3 Å². The van der Waals surface area contributed by atoms with E-state index in [1.165, 1.54) is 7.11 Å². The van der Waals surface area contributed by atoms with E-state index >= 15 is 0 Å². The molecule has 0 aliphatic carbocycles. The highest BCUT2D eigenvalue weighted by Gasteiger charge is 2.15. The van der Waals surface area contributed by atoms with Crippen LogP contribution in [0.2, 0.25) is 0 Å². The average Bonchev–Trinajstić information content (AvgIpc) is 2.73. The molecule has 0 fully saturated rings. The first-order valence-corrected chi connectivity index (χ1v) is 9.78. The van der Waals surface area contributed by atoms with Crippen molar-refractivity contribution in [3.63, 3.8) is 0 Å². The molecule has 0 radical (unpaired) electrons. The van der Waals surface area contributed by atoms with E-state index in [2.05, 4.69) is 32.8 Å². The minimum Gasteiger partial charge on any atom is -0.496 e. The predicted octanol–water partition coefficient (Wildman–Crippen LogP) is 4.12. The highest BCUT2D eigenvalue weighted by atomic mass is 16.5. The number of amides is 3. The van der Waals surface area contributed by atoms with Crippen LogP contribution in [0.1, 0.15) is 35.8 Å². The Labute approximate surface area is 175 Å². The van der Waals surface area contributed by atoms with E-state index in [1.54, 1.807) is 36.5 Å². The van der Waals surface area contributed by atoms with Crippen LogP contribution in [0.3, 0.4) is 0 Å². The van der Waals surface area contributed by atoms with Crippen molar-refractivity contribution in [2.75, 3.05) is 24.3 Å². The van der Waals surface area contributed by atoms with E-state index in [0.29, 0.717) is 40.3 Å². The van der Waals surface area contributed by atoms with Gasteiger partial charge in [0.05, 0.1) is 23.9 Å². The van der Waals surface area contributed by atoms with Crippen molar-refractivity contribution in [1.82, 2.24) is 15.3 Å². The zero-order valence-electron chi connectivity index (χ0n) is 17.3. The van der Waals surface area contributed by atoms with Gasteiger partial charge in [0.25, 0.3) is 5.91 Å². The maximum Gasteiger partial charge on any atom is 0.323 e. The minimum atomic E-state index is -0.449. The lowest BCUT2D eigenvalue weighted by molar-refractivity contribution is 0.0950. The number of unbranched alkanes of at least 4 members (excludes halogenated alkanes) is 1. The largest absolute Gasteiger partial charge is 0.496 e. The molecule has 8 heteroatoms. The lowest BCUT2D eigenvalue weighted by Crippen LogP contribution is -2.25. The van der Waals surface area contributed by atoms with Crippen molar-refractivity contribution < 1.29 is 14.3 Å². The summed E-state index contributed by atoms with van der Waals surface area (Å²) < 4.78 is 5.29. The second-order valence-corrected chi connectivity index (χ2v) is 6.79. The van der Waals surface area contributed by atoms with Crippen molar-refractivity contribution in [2.45, 2.75) is 26.7 Å². The number of nitrogens with zero attached hydrogens (tertiary/aromatic N) is 2. The molecule has 2 heterocycles. The van der Waals surface area contributed by atoms with E-state index in [0.717, 1.165) is 18.5 Å². The fraction of sp³-hybridized carbons (Fsp3) is 0.273. The van der Waals surface area contributed by atoms with Crippen LogP contribution < -0.4 is 20.7 Å². The van der Waals surface area contributed by atoms with Gasteiger partial charge in [-0.2, -0.15) is 0 Å². The van der Waals surface area contributed by atoms with Gasteiger partial charge >= 0.3 is 6.03 Å². The molecule has 0 aliphatic heterocycles. The predicted molar refractivity (Wildman–Crippen MR) is 117 cm³/mol. The number of benzene rings is 1. The summed E-state index contributed by atoms with van der Waals surface area (Å²) in [6, 6.07) is 9.86. The molecule has 0 saturated heterocycles. The van der Waals surface area contributed by atoms with E-state index in [1.807, 2.05) is 13.0 Å². The summed E-state index contributed by atoms with van der Waals surface area (Å²) in [6.45, 7) is 4.49. The highest BCUT2D eigenvalue weighted by Crippen LogP contribution is 2.24.